The fraction of sp³-hybridized carbons (Fsp3) is 0.571. The molecule has 2 heterocycles. The van der Waals surface area contributed by atoms with Crippen molar-refractivity contribution in [1.29, 1.82) is 0 Å². The van der Waals surface area contributed by atoms with E-state index in [1.54, 1.807) is 0 Å². The molecule has 0 saturated carbocycles. The molecule has 0 bridgehead atoms. The van der Waals surface area contributed by atoms with Gasteiger partial charge in [-0.2, -0.15) is 5.10 Å². The maximum atomic E-state index is 6.27. The molecule has 0 amide bonds. The lowest BCUT2D eigenvalue weighted by Gasteiger charge is -2.07. The summed E-state index contributed by atoms with van der Waals surface area (Å²) in [7, 11) is 0. The lowest BCUT2D eigenvalue weighted by atomic mass is 10.2. The van der Waals surface area contributed by atoms with Crippen LogP contribution in [-0.2, 0) is 19.5 Å². The molecule has 0 atom stereocenters. The van der Waals surface area contributed by atoms with Crippen LogP contribution in [0, 0.1) is 0 Å². The van der Waals surface area contributed by atoms with Crippen molar-refractivity contribution in [3.05, 3.63) is 18.2 Å². The highest BCUT2D eigenvalue weighted by atomic mass is 15.3. The number of nitrogens with two attached hydrogens (primary N) is 1. The summed E-state index contributed by atoms with van der Waals surface area (Å²) in [4.78, 5) is 4.72. The zero-order valence-corrected chi connectivity index (χ0v) is 12.1. The standard InChI is InChI=1S/C14H23N5/c1-4-7-12-17-13(14(15)19(12)8-5-2)11-9-16-18(6-3)10-11/h9-10H,4-8,15H2,1-3H3. The summed E-state index contributed by atoms with van der Waals surface area (Å²) in [6.07, 6.45) is 6.95. The Kier molecular flexibility index (Phi) is 4.24. The Morgan fingerprint density at radius 2 is 2.00 bits per heavy atom. The molecule has 0 saturated heterocycles. The molecule has 0 aromatic carbocycles. The number of hydrogen-bond donors (Lipinski definition) is 1. The fourth-order valence-corrected chi connectivity index (χ4v) is 2.27. The molecule has 0 aliphatic carbocycles. The Morgan fingerprint density at radius 3 is 2.58 bits per heavy atom. The van der Waals surface area contributed by atoms with E-state index < -0.39 is 0 Å². The first-order valence-electron chi connectivity index (χ1n) is 7.08. The highest BCUT2D eigenvalue weighted by Crippen LogP contribution is 2.26. The van der Waals surface area contributed by atoms with Crippen molar-refractivity contribution in [3.8, 4) is 11.3 Å². The number of nitrogen functional groups attached to an aromatic ring is 1. The van der Waals surface area contributed by atoms with Crippen LogP contribution in [0.2, 0.25) is 0 Å². The fourth-order valence-electron chi connectivity index (χ4n) is 2.27. The second-order valence-corrected chi connectivity index (χ2v) is 4.75. The van der Waals surface area contributed by atoms with Crippen molar-refractivity contribution in [2.24, 2.45) is 0 Å². The third kappa shape index (κ3) is 2.64. The number of nitrogens with zero attached hydrogens (tertiary/aromatic N) is 4. The van der Waals surface area contributed by atoms with Crippen molar-refractivity contribution < 1.29 is 0 Å². The number of rotatable bonds is 6. The van der Waals surface area contributed by atoms with Crippen LogP contribution < -0.4 is 5.73 Å². The third-order valence-electron chi connectivity index (χ3n) is 3.24. The smallest absolute Gasteiger partial charge is 0.131 e. The van der Waals surface area contributed by atoms with Gasteiger partial charge in [0.15, 0.2) is 0 Å². The molecule has 2 N–H and O–H groups in total. The van der Waals surface area contributed by atoms with Crippen LogP contribution >= 0.6 is 0 Å². The minimum absolute atomic E-state index is 0.765. The normalized spacial score (nSPS) is 11.1. The molecule has 2 rings (SSSR count). The molecule has 5 nitrogen and oxygen atoms in total. The van der Waals surface area contributed by atoms with Crippen LogP contribution in [0.5, 0.6) is 0 Å². The van der Waals surface area contributed by atoms with Gasteiger partial charge < -0.3 is 10.3 Å². The maximum absolute atomic E-state index is 6.27. The van der Waals surface area contributed by atoms with E-state index in [4.69, 9.17) is 10.7 Å². The van der Waals surface area contributed by atoms with Crippen molar-refractivity contribution in [3.63, 3.8) is 0 Å². The van der Waals surface area contributed by atoms with E-state index >= 15 is 0 Å². The first-order valence-corrected chi connectivity index (χ1v) is 7.08. The summed E-state index contributed by atoms with van der Waals surface area (Å²) in [6.45, 7) is 8.17. The summed E-state index contributed by atoms with van der Waals surface area (Å²) < 4.78 is 4.04. The average Bonchev–Trinajstić information content (AvgIpc) is 2.98. The Balaban J connectivity index is 2.42. The van der Waals surface area contributed by atoms with Gasteiger partial charge in [-0.3, -0.25) is 4.68 Å². The molecular weight excluding hydrogens is 238 g/mol. The first kappa shape index (κ1) is 13.6. The molecule has 0 fully saturated rings. The molecule has 0 spiro atoms. The topological polar surface area (TPSA) is 61.7 Å². The van der Waals surface area contributed by atoms with E-state index in [-0.39, 0.29) is 0 Å². The maximum Gasteiger partial charge on any atom is 0.131 e. The summed E-state index contributed by atoms with van der Waals surface area (Å²) in [5, 5.41) is 4.29. The van der Waals surface area contributed by atoms with Crippen molar-refractivity contribution in [2.75, 3.05) is 5.73 Å². The molecular formula is C14H23N5. The second kappa shape index (κ2) is 5.91. The van der Waals surface area contributed by atoms with Gasteiger partial charge in [0.05, 0.1) is 6.20 Å². The molecule has 0 radical (unpaired) electrons. The van der Waals surface area contributed by atoms with Gasteiger partial charge in [0, 0.05) is 31.3 Å². The van der Waals surface area contributed by atoms with E-state index in [0.717, 1.165) is 55.3 Å². The average molecular weight is 261 g/mol. The van der Waals surface area contributed by atoms with Crippen LogP contribution in [-0.4, -0.2) is 19.3 Å². The van der Waals surface area contributed by atoms with E-state index in [9.17, 15) is 0 Å². The first-order chi connectivity index (χ1) is 9.21. The minimum atomic E-state index is 0.765. The quantitative estimate of drug-likeness (QED) is 0.869. The number of imidazole rings is 1. The molecule has 5 heteroatoms. The van der Waals surface area contributed by atoms with Crippen molar-refractivity contribution in [1.82, 2.24) is 19.3 Å². The third-order valence-corrected chi connectivity index (χ3v) is 3.24. The molecule has 0 unspecified atom stereocenters. The van der Waals surface area contributed by atoms with Crippen LogP contribution in [0.25, 0.3) is 11.3 Å². The summed E-state index contributed by atoms with van der Waals surface area (Å²) in [6, 6.07) is 0. The lowest BCUT2D eigenvalue weighted by molar-refractivity contribution is 0.637. The van der Waals surface area contributed by atoms with E-state index in [0.29, 0.717) is 0 Å². The van der Waals surface area contributed by atoms with Gasteiger partial charge in [0.25, 0.3) is 0 Å². The summed E-state index contributed by atoms with van der Waals surface area (Å²) in [5.74, 6) is 1.85. The van der Waals surface area contributed by atoms with Gasteiger partial charge in [-0.25, -0.2) is 4.98 Å². The minimum Gasteiger partial charge on any atom is -0.383 e. The predicted octanol–water partition coefficient (Wildman–Crippen LogP) is 2.71. The van der Waals surface area contributed by atoms with Gasteiger partial charge in [-0.05, 0) is 19.8 Å². The number of hydrogen-bond acceptors (Lipinski definition) is 3. The Labute approximate surface area is 114 Å². The number of anilines is 1. The summed E-state index contributed by atoms with van der Waals surface area (Å²) >= 11 is 0. The molecule has 0 aliphatic heterocycles. The predicted molar refractivity (Wildman–Crippen MR) is 77.8 cm³/mol. The van der Waals surface area contributed by atoms with E-state index in [1.165, 1.54) is 0 Å². The van der Waals surface area contributed by atoms with Gasteiger partial charge in [-0.15, -0.1) is 0 Å². The van der Waals surface area contributed by atoms with Crippen LogP contribution in [0.3, 0.4) is 0 Å². The van der Waals surface area contributed by atoms with Gasteiger partial charge in [0.2, 0.25) is 0 Å². The van der Waals surface area contributed by atoms with Crippen LogP contribution in [0.15, 0.2) is 12.4 Å². The zero-order chi connectivity index (χ0) is 13.8. The van der Waals surface area contributed by atoms with Gasteiger partial charge in [-0.1, -0.05) is 13.8 Å². The monoisotopic (exact) mass is 261 g/mol. The number of aryl methyl sites for hydroxylation is 2. The van der Waals surface area contributed by atoms with Crippen LogP contribution in [0.4, 0.5) is 5.82 Å². The molecule has 2 aromatic heterocycles. The Hall–Kier alpha value is -1.78. The molecule has 2 aromatic rings. The van der Waals surface area contributed by atoms with Crippen molar-refractivity contribution >= 4 is 5.82 Å². The summed E-state index contributed by atoms with van der Waals surface area (Å²) in [5.41, 5.74) is 8.14. The number of aromatic nitrogens is 4. The van der Waals surface area contributed by atoms with E-state index in [1.807, 2.05) is 17.1 Å². The Morgan fingerprint density at radius 1 is 1.21 bits per heavy atom. The van der Waals surface area contributed by atoms with Crippen LogP contribution in [0.1, 0.15) is 39.4 Å². The lowest BCUT2D eigenvalue weighted by Crippen LogP contribution is -2.06. The van der Waals surface area contributed by atoms with Crippen molar-refractivity contribution in [2.45, 2.75) is 53.1 Å². The second-order valence-electron chi connectivity index (χ2n) is 4.75. The Bertz CT molecular complexity index is 538. The highest BCUT2D eigenvalue weighted by molar-refractivity contribution is 5.70. The zero-order valence-electron chi connectivity index (χ0n) is 12.1. The molecule has 0 aliphatic rings. The molecule has 19 heavy (non-hydrogen) atoms. The SMILES string of the molecule is CCCc1nc(-c2cnn(CC)c2)c(N)n1CCC. The van der Waals surface area contributed by atoms with Gasteiger partial charge in [0.1, 0.15) is 17.3 Å². The van der Waals surface area contributed by atoms with Gasteiger partial charge >= 0.3 is 0 Å². The molecule has 104 valence electrons. The highest BCUT2D eigenvalue weighted by Gasteiger charge is 2.16. The largest absolute Gasteiger partial charge is 0.383 e. The van der Waals surface area contributed by atoms with E-state index in [2.05, 4.69) is 30.4 Å².